The Morgan fingerprint density at radius 1 is 0.966 bits per heavy atom. The van der Waals surface area contributed by atoms with E-state index < -0.39 is 0 Å². The van der Waals surface area contributed by atoms with E-state index >= 15 is 0 Å². The van der Waals surface area contributed by atoms with Gasteiger partial charge >= 0.3 is 0 Å². The molecule has 5 aromatic rings. The summed E-state index contributed by atoms with van der Waals surface area (Å²) in [5.41, 5.74) is 5.99. The number of aromatic nitrogens is 3. The first-order valence-corrected chi connectivity index (χ1v) is 9.69. The summed E-state index contributed by atoms with van der Waals surface area (Å²) >= 11 is 6.16. The Hall–Kier alpha value is -3.37. The average Bonchev–Trinajstić information content (AvgIpc) is 3.33. The lowest BCUT2D eigenvalue weighted by Gasteiger charge is -2.10. The monoisotopic (exact) mass is 401 g/mol. The Morgan fingerprint density at radius 3 is 2.55 bits per heavy atom. The quantitative estimate of drug-likeness (QED) is 0.364. The van der Waals surface area contributed by atoms with Crippen LogP contribution in [0.3, 0.4) is 0 Å². The Labute approximate surface area is 172 Å². The van der Waals surface area contributed by atoms with Crippen LogP contribution in [0, 0.1) is 5.82 Å². The largest absolute Gasteiger partial charge is 0.360 e. The van der Waals surface area contributed by atoms with Gasteiger partial charge in [0.05, 0.1) is 17.7 Å². The number of hydrogen-bond donors (Lipinski definition) is 1. The fraction of sp³-hybridized carbons (Fsp3) is 0.0417. The van der Waals surface area contributed by atoms with Crippen LogP contribution in [0.5, 0.6) is 0 Å². The first-order chi connectivity index (χ1) is 14.2. The van der Waals surface area contributed by atoms with E-state index in [0.717, 1.165) is 39.0 Å². The Balaban J connectivity index is 1.70. The number of aromatic amines is 1. The van der Waals surface area contributed by atoms with Crippen molar-refractivity contribution >= 4 is 22.5 Å². The summed E-state index contributed by atoms with van der Waals surface area (Å²) in [6.45, 7) is 0.593. The lowest BCUT2D eigenvalue weighted by Crippen LogP contribution is -2.01. The number of imidazole rings is 1. The Kier molecular flexibility index (Phi) is 4.41. The average molecular weight is 402 g/mol. The highest BCUT2D eigenvalue weighted by atomic mass is 35.5. The number of halogens is 2. The third-order valence-corrected chi connectivity index (χ3v) is 5.29. The number of hydrogen-bond acceptors (Lipinski definition) is 1. The van der Waals surface area contributed by atoms with E-state index in [9.17, 15) is 4.39 Å². The highest BCUT2D eigenvalue weighted by Crippen LogP contribution is 2.36. The third kappa shape index (κ3) is 3.32. The molecule has 29 heavy (non-hydrogen) atoms. The number of fused-ring (bicyclic) bond motifs is 1. The van der Waals surface area contributed by atoms with Crippen molar-refractivity contribution in [1.82, 2.24) is 14.5 Å². The van der Waals surface area contributed by atoms with Crippen molar-refractivity contribution < 1.29 is 4.39 Å². The standard InChI is InChI=1S/C24H17ClFN3/c25-18-8-11-20-21(13-27-22(20)12-18)24-23(17-4-2-1-3-5-17)28-15-29(24)14-16-6-9-19(26)10-7-16/h1-13,15,27H,14H2. The molecule has 2 heterocycles. The fourth-order valence-corrected chi connectivity index (χ4v) is 3.84. The van der Waals surface area contributed by atoms with Crippen molar-refractivity contribution in [3.63, 3.8) is 0 Å². The van der Waals surface area contributed by atoms with Gasteiger partial charge in [-0.15, -0.1) is 0 Å². The van der Waals surface area contributed by atoms with Gasteiger partial charge in [0, 0.05) is 39.8 Å². The highest BCUT2D eigenvalue weighted by molar-refractivity contribution is 6.31. The maximum absolute atomic E-state index is 13.3. The van der Waals surface area contributed by atoms with Crippen molar-refractivity contribution in [2.45, 2.75) is 6.54 Å². The summed E-state index contributed by atoms with van der Waals surface area (Å²) in [6, 6.07) is 22.5. The van der Waals surface area contributed by atoms with Crippen LogP contribution in [0.25, 0.3) is 33.4 Å². The molecule has 0 radical (unpaired) electrons. The maximum Gasteiger partial charge on any atom is 0.123 e. The van der Waals surface area contributed by atoms with E-state index in [1.807, 2.05) is 48.9 Å². The minimum atomic E-state index is -0.238. The number of rotatable bonds is 4. The number of nitrogens with zero attached hydrogens (tertiary/aromatic N) is 2. The van der Waals surface area contributed by atoms with Gasteiger partial charge in [0.25, 0.3) is 0 Å². The molecule has 0 spiro atoms. The van der Waals surface area contributed by atoms with Crippen molar-refractivity contribution in [2.24, 2.45) is 0 Å². The van der Waals surface area contributed by atoms with E-state index in [4.69, 9.17) is 16.6 Å². The van der Waals surface area contributed by atoms with Gasteiger partial charge in [-0.3, -0.25) is 0 Å². The first-order valence-electron chi connectivity index (χ1n) is 9.31. The van der Waals surface area contributed by atoms with Crippen molar-refractivity contribution in [2.75, 3.05) is 0 Å². The predicted molar refractivity (Wildman–Crippen MR) is 115 cm³/mol. The fourth-order valence-electron chi connectivity index (χ4n) is 3.67. The second-order valence-electron chi connectivity index (χ2n) is 6.95. The van der Waals surface area contributed by atoms with Crippen LogP contribution in [-0.2, 0) is 6.54 Å². The molecular weight excluding hydrogens is 385 g/mol. The van der Waals surface area contributed by atoms with Gasteiger partial charge in [-0.25, -0.2) is 9.37 Å². The summed E-state index contributed by atoms with van der Waals surface area (Å²) < 4.78 is 15.4. The van der Waals surface area contributed by atoms with Gasteiger partial charge in [-0.2, -0.15) is 0 Å². The maximum atomic E-state index is 13.3. The van der Waals surface area contributed by atoms with Crippen LogP contribution in [0.2, 0.25) is 5.02 Å². The second kappa shape index (κ2) is 7.22. The zero-order valence-electron chi connectivity index (χ0n) is 15.4. The van der Waals surface area contributed by atoms with Gasteiger partial charge in [0.1, 0.15) is 5.82 Å². The van der Waals surface area contributed by atoms with Crippen LogP contribution in [0.1, 0.15) is 5.56 Å². The van der Waals surface area contributed by atoms with Crippen molar-refractivity contribution in [1.29, 1.82) is 0 Å². The van der Waals surface area contributed by atoms with Crippen LogP contribution in [0.15, 0.2) is 85.3 Å². The summed E-state index contributed by atoms with van der Waals surface area (Å²) in [7, 11) is 0. The smallest absolute Gasteiger partial charge is 0.123 e. The molecule has 0 saturated heterocycles. The van der Waals surface area contributed by atoms with Gasteiger partial charge in [0.15, 0.2) is 0 Å². The Morgan fingerprint density at radius 2 is 1.76 bits per heavy atom. The molecular formula is C24H17ClFN3. The van der Waals surface area contributed by atoms with Gasteiger partial charge in [-0.05, 0) is 29.8 Å². The summed E-state index contributed by atoms with van der Waals surface area (Å²) in [5, 5.41) is 1.77. The summed E-state index contributed by atoms with van der Waals surface area (Å²) in [6.07, 6.45) is 3.83. The molecule has 0 atom stereocenters. The molecule has 0 saturated carbocycles. The van der Waals surface area contributed by atoms with E-state index in [0.29, 0.717) is 11.6 Å². The topological polar surface area (TPSA) is 33.6 Å². The summed E-state index contributed by atoms with van der Waals surface area (Å²) in [4.78, 5) is 8.05. The molecule has 5 heteroatoms. The van der Waals surface area contributed by atoms with Crippen LogP contribution < -0.4 is 0 Å². The van der Waals surface area contributed by atoms with E-state index in [2.05, 4.69) is 21.7 Å². The third-order valence-electron chi connectivity index (χ3n) is 5.05. The van der Waals surface area contributed by atoms with E-state index in [1.54, 1.807) is 12.1 Å². The normalized spacial score (nSPS) is 11.2. The molecule has 0 bridgehead atoms. The van der Waals surface area contributed by atoms with Gasteiger partial charge in [-0.1, -0.05) is 60.1 Å². The highest BCUT2D eigenvalue weighted by Gasteiger charge is 2.18. The van der Waals surface area contributed by atoms with E-state index in [1.165, 1.54) is 12.1 Å². The molecule has 142 valence electrons. The zero-order valence-corrected chi connectivity index (χ0v) is 16.2. The predicted octanol–water partition coefficient (Wildman–Crippen LogP) is 6.54. The molecule has 3 nitrogen and oxygen atoms in total. The lowest BCUT2D eigenvalue weighted by molar-refractivity contribution is 0.626. The molecule has 0 unspecified atom stereocenters. The van der Waals surface area contributed by atoms with Crippen molar-refractivity contribution in [3.8, 4) is 22.5 Å². The van der Waals surface area contributed by atoms with E-state index in [-0.39, 0.29) is 5.82 Å². The number of H-pyrrole nitrogens is 1. The molecule has 2 aromatic heterocycles. The zero-order chi connectivity index (χ0) is 19.8. The Bertz CT molecular complexity index is 1290. The summed E-state index contributed by atoms with van der Waals surface area (Å²) in [5.74, 6) is -0.238. The minimum Gasteiger partial charge on any atom is -0.360 e. The van der Waals surface area contributed by atoms with Crippen LogP contribution >= 0.6 is 11.6 Å². The molecule has 0 aliphatic carbocycles. The van der Waals surface area contributed by atoms with Crippen molar-refractivity contribution in [3.05, 3.63) is 102 Å². The van der Waals surface area contributed by atoms with Crippen LogP contribution in [-0.4, -0.2) is 14.5 Å². The van der Waals surface area contributed by atoms with Crippen LogP contribution in [0.4, 0.5) is 4.39 Å². The molecule has 0 aliphatic rings. The molecule has 0 amide bonds. The number of benzene rings is 3. The minimum absolute atomic E-state index is 0.238. The number of nitrogens with one attached hydrogen (secondary N) is 1. The lowest BCUT2D eigenvalue weighted by atomic mass is 10.0. The molecule has 0 aliphatic heterocycles. The first kappa shape index (κ1) is 17.7. The SMILES string of the molecule is Fc1ccc(Cn2cnc(-c3ccccc3)c2-c2c[nH]c3cc(Cl)ccc23)cc1. The molecule has 0 fully saturated rings. The molecule has 3 aromatic carbocycles. The second-order valence-corrected chi connectivity index (χ2v) is 7.39. The van der Waals surface area contributed by atoms with Gasteiger partial charge < -0.3 is 9.55 Å². The molecule has 1 N–H and O–H groups in total. The molecule has 5 rings (SSSR count). The van der Waals surface area contributed by atoms with Gasteiger partial charge in [0.2, 0.25) is 0 Å².